The molecular formula is C13H16O12. The molecule has 3 atom stereocenters. The van der Waals surface area contributed by atoms with Gasteiger partial charge >= 0.3 is 35.8 Å². The summed E-state index contributed by atoms with van der Waals surface area (Å²) < 4.78 is 13.3. The van der Waals surface area contributed by atoms with Crippen molar-refractivity contribution in [2.24, 2.45) is 0 Å². The molecular weight excluding hydrogens is 348 g/mol. The summed E-state index contributed by atoms with van der Waals surface area (Å²) in [5, 5.41) is 26.4. The van der Waals surface area contributed by atoms with Gasteiger partial charge in [-0.25, -0.2) is 14.4 Å². The number of esters is 3. The molecule has 0 fully saturated rings. The van der Waals surface area contributed by atoms with Gasteiger partial charge in [0.05, 0.1) is 0 Å². The molecule has 0 aromatic carbocycles. The molecule has 0 aromatic heterocycles. The van der Waals surface area contributed by atoms with Gasteiger partial charge in [-0.05, 0) is 0 Å². The standard InChI is InChI=1S/C13H16O12/c1-5(14)23-9(12(20)21)10(24-6(2)15)13(22)25-7(11(18)19)3-4-8(16)17/h7,9-10H,3-4H2,1-2H3,(H,16,17)(H,18,19)(H,20,21). The van der Waals surface area contributed by atoms with Crippen LogP contribution in [0.15, 0.2) is 0 Å². The van der Waals surface area contributed by atoms with E-state index in [1.807, 2.05) is 0 Å². The largest absolute Gasteiger partial charge is 0.481 e. The summed E-state index contributed by atoms with van der Waals surface area (Å²) in [5.41, 5.74) is 0. The molecule has 25 heavy (non-hydrogen) atoms. The van der Waals surface area contributed by atoms with Gasteiger partial charge in [-0.3, -0.25) is 14.4 Å². The van der Waals surface area contributed by atoms with E-state index in [0.29, 0.717) is 0 Å². The van der Waals surface area contributed by atoms with E-state index in [2.05, 4.69) is 14.2 Å². The Kier molecular flexibility index (Phi) is 8.59. The van der Waals surface area contributed by atoms with E-state index >= 15 is 0 Å². The first-order valence-electron chi connectivity index (χ1n) is 6.68. The number of carboxylic acids is 3. The Labute approximate surface area is 140 Å². The monoisotopic (exact) mass is 364 g/mol. The number of carbonyl (C=O) groups is 6. The molecule has 12 nitrogen and oxygen atoms in total. The van der Waals surface area contributed by atoms with Crippen LogP contribution in [-0.2, 0) is 43.0 Å². The summed E-state index contributed by atoms with van der Waals surface area (Å²) in [7, 11) is 0. The number of aliphatic carboxylic acids is 3. The Balaban J connectivity index is 5.40. The van der Waals surface area contributed by atoms with Crippen molar-refractivity contribution in [1.82, 2.24) is 0 Å². The van der Waals surface area contributed by atoms with Gasteiger partial charge < -0.3 is 29.5 Å². The van der Waals surface area contributed by atoms with E-state index in [9.17, 15) is 28.8 Å². The Bertz CT molecular complexity index is 565. The van der Waals surface area contributed by atoms with Gasteiger partial charge in [-0.2, -0.15) is 0 Å². The molecule has 0 heterocycles. The van der Waals surface area contributed by atoms with Gasteiger partial charge in [0.15, 0.2) is 6.10 Å². The molecule has 0 rings (SSSR count). The lowest BCUT2D eigenvalue weighted by Crippen LogP contribution is -2.47. The van der Waals surface area contributed by atoms with Crippen LogP contribution in [0.5, 0.6) is 0 Å². The quantitative estimate of drug-likeness (QED) is 0.310. The minimum Gasteiger partial charge on any atom is -0.481 e. The third kappa shape index (κ3) is 8.29. The number of hydrogen-bond acceptors (Lipinski definition) is 9. The molecule has 140 valence electrons. The molecule has 0 radical (unpaired) electrons. The SMILES string of the molecule is CC(=O)OC(C(=O)O)C(OC(C)=O)C(=O)OC(CCC(=O)O)C(=O)O. The summed E-state index contributed by atoms with van der Waals surface area (Å²) in [6, 6.07) is 0. The van der Waals surface area contributed by atoms with Crippen LogP contribution in [0.2, 0.25) is 0 Å². The highest BCUT2D eigenvalue weighted by molar-refractivity contribution is 5.89. The van der Waals surface area contributed by atoms with E-state index < -0.39 is 67.0 Å². The molecule has 0 aliphatic heterocycles. The van der Waals surface area contributed by atoms with Crippen LogP contribution in [0.3, 0.4) is 0 Å². The molecule has 0 aromatic rings. The van der Waals surface area contributed by atoms with Gasteiger partial charge in [0.25, 0.3) is 0 Å². The first kappa shape index (κ1) is 21.8. The molecule has 0 spiro atoms. The zero-order chi connectivity index (χ0) is 19.7. The van der Waals surface area contributed by atoms with Crippen molar-refractivity contribution >= 4 is 35.8 Å². The fourth-order valence-electron chi connectivity index (χ4n) is 1.53. The van der Waals surface area contributed by atoms with Gasteiger partial charge in [-0.15, -0.1) is 0 Å². The second-order valence-corrected chi connectivity index (χ2v) is 4.59. The lowest BCUT2D eigenvalue weighted by Gasteiger charge is -2.23. The van der Waals surface area contributed by atoms with E-state index in [4.69, 9.17) is 15.3 Å². The van der Waals surface area contributed by atoms with Crippen LogP contribution in [0.25, 0.3) is 0 Å². The third-order valence-corrected chi connectivity index (χ3v) is 2.49. The Hall–Kier alpha value is -3.18. The number of carboxylic acid groups (broad SMARTS) is 3. The van der Waals surface area contributed by atoms with Gasteiger partial charge in [-0.1, -0.05) is 0 Å². The van der Waals surface area contributed by atoms with E-state index in [0.717, 1.165) is 13.8 Å². The van der Waals surface area contributed by atoms with Crippen LogP contribution in [-0.4, -0.2) is 69.4 Å². The maximum absolute atomic E-state index is 12.0. The summed E-state index contributed by atoms with van der Waals surface area (Å²) >= 11 is 0. The molecule has 3 unspecified atom stereocenters. The molecule has 0 saturated carbocycles. The summed E-state index contributed by atoms with van der Waals surface area (Å²) in [6.45, 7) is 1.66. The van der Waals surface area contributed by atoms with Gasteiger partial charge in [0.1, 0.15) is 0 Å². The average Bonchev–Trinajstić information content (AvgIpc) is 2.45. The van der Waals surface area contributed by atoms with Crippen LogP contribution in [0, 0.1) is 0 Å². The number of ether oxygens (including phenoxy) is 3. The Morgan fingerprint density at radius 3 is 1.60 bits per heavy atom. The molecule has 12 heteroatoms. The zero-order valence-electron chi connectivity index (χ0n) is 13.2. The van der Waals surface area contributed by atoms with Crippen molar-refractivity contribution in [2.45, 2.75) is 45.0 Å². The van der Waals surface area contributed by atoms with E-state index in [1.165, 1.54) is 0 Å². The molecule has 0 saturated heterocycles. The van der Waals surface area contributed by atoms with Crippen molar-refractivity contribution < 1.29 is 58.3 Å². The minimum absolute atomic E-state index is 0.617. The van der Waals surface area contributed by atoms with Gasteiger partial charge in [0, 0.05) is 26.7 Å². The molecule has 0 aliphatic carbocycles. The maximum Gasteiger partial charge on any atom is 0.352 e. The Morgan fingerprint density at radius 1 is 0.760 bits per heavy atom. The lowest BCUT2D eigenvalue weighted by molar-refractivity contribution is -0.192. The first-order chi connectivity index (χ1) is 11.5. The summed E-state index contributed by atoms with van der Waals surface area (Å²) in [6.07, 6.45) is -7.76. The highest BCUT2D eigenvalue weighted by atomic mass is 16.6. The van der Waals surface area contributed by atoms with Crippen LogP contribution in [0.1, 0.15) is 26.7 Å². The predicted molar refractivity (Wildman–Crippen MR) is 73.1 cm³/mol. The smallest absolute Gasteiger partial charge is 0.352 e. The topological polar surface area (TPSA) is 191 Å². The number of carbonyl (C=O) groups excluding carboxylic acids is 3. The van der Waals surface area contributed by atoms with E-state index in [1.54, 1.807) is 0 Å². The summed E-state index contributed by atoms with van der Waals surface area (Å²) in [4.78, 5) is 66.6. The first-order valence-corrected chi connectivity index (χ1v) is 6.68. The summed E-state index contributed by atoms with van der Waals surface area (Å²) in [5.74, 6) is -8.77. The molecule has 0 bridgehead atoms. The number of rotatable bonds is 10. The van der Waals surface area contributed by atoms with Crippen molar-refractivity contribution in [3.63, 3.8) is 0 Å². The highest BCUT2D eigenvalue weighted by Crippen LogP contribution is 2.13. The molecule has 3 N–H and O–H groups in total. The minimum atomic E-state index is -2.28. The van der Waals surface area contributed by atoms with Crippen molar-refractivity contribution in [3.05, 3.63) is 0 Å². The predicted octanol–water partition coefficient (Wildman–Crippen LogP) is -1.20. The number of hydrogen-bond donors (Lipinski definition) is 3. The highest BCUT2D eigenvalue weighted by Gasteiger charge is 2.42. The average molecular weight is 364 g/mol. The van der Waals surface area contributed by atoms with Crippen molar-refractivity contribution in [1.29, 1.82) is 0 Å². The Morgan fingerprint density at radius 2 is 1.24 bits per heavy atom. The second kappa shape index (κ2) is 9.85. The third-order valence-electron chi connectivity index (χ3n) is 2.49. The lowest BCUT2D eigenvalue weighted by atomic mass is 10.1. The van der Waals surface area contributed by atoms with E-state index in [-0.39, 0.29) is 0 Å². The van der Waals surface area contributed by atoms with Crippen molar-refractivity contribution in [2.75, 3.05) is 0 Å². The van der Waals surface area contributed by atoms with Crippen molar-refractivity contribution in [3.8, 4) is 0 Å². The van der Waals surface area contributed by atoms with Crippen LogP contribution < -0.4 is 0 Å². The van der Waals surface area contributed by atoms with Gasteiger partial charge in [0.2, 0.25) is 12.2 Å². The molecule has 0 aliphatic rings. The zero-order valence-corrected chi connectivity index (χ0v) is 13.2. The fourth-order valence-corrected chi connectivity index (χ4v) is 1.53. The normalized spacial score (nSPS) is 13.7. The fraction of sp³-hybridized carbons (Fsp3) is 0.538. The van der Waals surface area contributed by atoms with Crippen LogP contribution in [0.4, 0.5) is 0 Å². The maximum atomic E-state index is 12.0. The molecule has 0 amide bonds. The second-order valence-electron chi connectivity index (χ2n) is 4.59. The van der Waals surface area contributed by atoms with Crippen LogP contribution >= 0.6 is 0 Å².